The highest BCUT2D eigenvalue weighted by Crippen LogP contribution is 2.19. The van der Waals surface area contributed by atoms with Gasteiger partial charge in [-0.2, -0.15) is 5.10 Å². The minimum Gasteiger partial charge on any atom is -0.508 e. The van der Waals surface area contributed by atoms with Gasteiger partial charge in [-0.05, 0) is 25.1 Å². The van der Waals surface area contributed by atoms with Gasteiger partial charge in [0.25, 0.3) is 0 Å². The standard InChI is InChI=1S/C9H9N2O/c1-2-11-9-4-3-8(12)5-7(9)6-10-11/h2-6,12H,1H3. The van der Waals surface area contributed by atoms with Crippen LogP contribution in [0.1, 0.15) is 6.92 Å². The Kier molecular flexibility index (Phi) is 1.50. The highest BCUT2D eigenvalue weighted by Gasteiger charge is 2.00. The normalized spacial score (nSPS) is 10.8. The van der Waals surface area contributed by atoms with Gasteiger partial charge in [-0.15, -0.1) is 0 Å². The van der Waals surface area contributed by atoms with Crippen molar-refractivity contribution in [2.24, 2.45) is 0 Å². The summed E-state index contributed by atoms with van der Waals surface area (Å²) in [7, 11) is 0. The molecule has 1 heterocycles. The summed E-state index contributed by atoms with van der Waals surface area (Å²) in [5, 5.41) is 14.2. The van der Waals surface area contributed by atoms with Gasteiger partial charge in [-0.25, -0.2) is 0 Å². The molecule has 1 radical (unpaired) electrons. The lowest BCUT2D eigenvalue weighted by Crippen LogP contribution is -1.91. The minimum absolute atomic E-state index is 0.276. The summed E-state index contributed by atoms with van der Waals surface area (Å²) in [6.45, 7) is 3.79. The van der Waals surface area contributed by atoms with Crippen LogP contribution in [0.4, 0.5) is 0 Å². The first-order valence-electron chi connectivity index (χ1n) is 3.77. The average Bonchev–Trinajstić information content (AvgIpc) is 2.46. The third kappa shape index (κ3) is 0.942. The molecule has 2 aromatic rings. The summed E-state index contributed by atoms with van der Waals surface area (Å²) in [6, 6.07) is 5.20. The van der Waals surface area contributed by atoms with E-state index in [1.165, 1.54) is 0 Å². The third-order valence-electron chi connectivity index (χ3n) is 1.82. The van der Waals surface area contributed by atoms with E-state index in [4.69, 9.17) is 5.11 Å². The van der Waals surface area contributed by atoms with Crippen molar-refractivity contribution in [3.05, 3.63) is 30.9 Å². The Morgan fingerprint density at radius 3 is 3.08 bits per heavy atom. The van der Waals surface area contributed by atoms with Crippen molar-refractivity contribution in [1.82, 2.24) is 9.78 Å². The number of hydrogen-bond donors (Lipinski definition) is 1. The molecule has 1 aromatic heterocycles. The van der Waals surface area contributed by atoms with Crippen LogP contribution in [-0.4, -0.2) is 14.9 Å². The Bertz CT molecular complexity index is 406. The Morgan fingerprint density at radius 2 is 2.33 bits per heavy atom. The summed E-state index contributed by atoms with van der Waals surface area (Å²) in [4.78, 5) is 0. The molecule has 3 heteroatoms. The van der Waals surface area contributed by atoms with Crippen LogP contribution in [0.5, 0.6) is 5.75 Å². The minimum atomic E-state index is 0.276. The molecule has 2 rings (SSSR count). The summed E-state index contributed by atoms with van der Waals surface area (Å²) in [5.74, 6) is 0.276. The predicted octanol–water partition coefficient (Wildman–Crippen LogP) is 1.77. The Morgan fingerprint density at radius 1 is 1.50 bits per heavy atom. The molecule has 0 unspecified atom stereocenters. The number of phenolic OH excluding ortho intramolecular Hbond substituents is 1. The molecule has 12 heavy (non-hydrogen) atoms. The van der Waals surface area contributed by atoms with Crippen LogP contribution in [-0.2, 0) is 0 Å². The zero-order chi connectivity index (χ0) is 8.55. The van der Waals surface area contributed by atoms with Crippen molar-refractivity contribution in [2.45, 2.75) is 6.92 Å². The summed E-state index contributed by atoms with van der Waals surface area (Å²) < 4.78 is 1.77. The van der Waals surface area contributed by atoms with Crippen molar-refractivity contribution in [2.75, 3.05) is 0 Å². The van der Waals surface area contributed by atoms with E-state index in [0.717, 1.165) is 10.9 Å². The molecule has 0 aliphatic rings. The first-order chi connectivity index (χ1) is 5.81. The molecular weight excluding hydrogens is 152 g/mol. The van der Waals surface area contributed by atoms with Crippen LogP contribution in [0.15, 0.2) is 24.4 Å². The van der Waals surface area contributed by atoms with Gasteiger partial charge in [0.05, 0.1) is 18.3 Å². The zero-order valence-electron chi connectivity index (χ0n) is 6.73. The lowest BCUT2D eigenvalue weighted by atomic mass is 10.2. The first-order valence-corrected chi connectivity index (χ1v) is 3.77. The fraction of sp³-hybridized carbons (Fsp3) is 0.111. The molecule has 0 saturated carbocycles. The molecule has 1 N–H and O–H groups in total. The highest BCUT2D eigenvalue weighted by molar-refractivity contribution is 5.80. The van der Waals surface area contributed by atoms with Gasteiger partial charge in [0.15, 0.2) is 0 Å². The van der Waals surface area contributed by atoms with Crippen molar-refractivity contribution in [3.8, 4) is 5.75 Å². The van der Waals surface area contributed by atoms with Crippen LogP contribution in [0.2, 0.25) is 0 Å². The summed E-state index contributed by atoms with van der Waals surface area (Å²) in [6.07, 6.45) is 1.73. The van der Waals surface area contributed by atoms with Gasteiger partial charge < -0.3 is 5.11 Å². The lowest BCUT2D eigenvalue weighted by Gasteiger charge is -1.96. The molecule has 0 spiro atoms. The van der Waals surface area contributed by atoms with Crippen molar-refractivity contribution in [3.63, 3.8) is 0 Å². The van der Waals surface area contributed by atoms with E-state index in [1.807, 2.05) is 19.5 Å². The summed E-state index contributed by atoms with van der Waals surface area (Å²) >= 11 is 0. The number of hydrogen-bond acceptors (Lipinski definition) is 2. The van der Waals surface area contributed by atoms with Crippen LogP contribution in [0.25, 0.3) is 10.9 Å². The maximum atomic E-state index is 9.16. The largest absolute Gasteiger partial charge is 0.508 e. The van der Waals surface area contributed by atoms with Gasteiger partial charge in [0, 0.05) is 5.39 Å². The van der Waals surface area contributed by atoms with Crippen molar-refractivity contribution in [1.29, 1.82) is 0 Å². The number of nitrogens with zero attached hydrogens (tertiary/aromatic N) is 2. The van der Waals surface area contributed by atoms with E-state index in [-0.39, 0.29) is 5.75 Å². The Labute approximate surface area is 70.2 Å². The maximum Gasteiger partial charge on any atom is 0.116 e. The number of aromatic nitrogens is 2. The van der Waals surface area contributed by atoms with Gasteiger partial charge in [-0.3, -0.25) is 4.68 Å². The molecule has 0 aliphatic carbocycles. The molecule has 1 aromatic carbocycles. The van der Waals surface area contributed by atoms with Gasteiger partial charge in [-0.1, -0.05) is 0 Å². The molecule has 61 valence electrons. The lowest BCUT2D eigenvalue weighted by molar-refractivity contribution is 0.476. The Hall–Kier alpha value is -1.51. The van der Waals surface area contributed by atoms with Gasteiger partial charge >= 0.3 is 0 Å². The zero-order valence-corrected chi connectivity index (χ0v) is 6.73. The molecule has 0 bridgehead atoms. The quantitative estimate of drug-likeness (QED) is 0.692. The maximum absolute atomic E-state index is 9.16. The molecule has 0 aliphatic heterocycles. The second-order valence-corrected chi connectivity index (χ2v) is 2.59. The highest BCUT2D eigenvalue weighted by atomic mass is 16.3. The first kappa shape index (κ1) is 7.16. The molecule has 3 nitrogen and oxygen atoms in total. The number of aromatic hydroxyl groups is 1. The summed E-state index contributed by atoms with van der Waals surface area (Å²) in [5.41, 5.74) is 1.01. The van der Waals surface area contributed by atoms with Crippen molar-refractivity contribution < 1.29 is 5.11 Å². The number of fused-ring (bicyclic) bond motifs is 1. The van der Waals surface area contributed by atoms with E-state index in [9.17, 15) is 0 Å². The fourth-order valence-electron chi connectivity index (χ4n) is 1.25. The van der Waals surface area contributed by atoms with Crippen LogP contribution in [0.3, 0.4) is 0 Å². The van der Waals surface area contributed by atoms with E-state index in [1.54, 1.807) is 23.0 Å². The second-order valence-electron chi connectivity index (χ2n) is 2.59. The van der Waals surface area contributed by atoms with E-state index >= 15 is 0 Å². The fourth-order valence-corrected chi connectivity index (χ4v) is 1.25. The smallest absolute Gasteiger partial charge is 0.116 e. The number of rotatable bonds is 1. The molecule has 0 atom stereocenters. The van der Waals surface area contributed by atoms with Crippen LogP contribution < -0.4 is 0 Å². The van der Waals surface area contributed by atoms with Gasteiger partial charge in [0.1, 0.15) is 5.75 Å². The van der Waals surface area contributed by atoms with E-state index in [0.29, 0.717) is 0 Å². The number of benzene rings is 1. The molecule has 0 amide bonds. The Balaban J connectivity index is 2.73. The SMILES string of the molecule is C[CH]n1ncc2cc(O)ccc21. The van der Waals surface area contributed by atoms with Crippen molar-refractivity contribution >= 4 is 10.9 Å². The number of phenols is 1. The molecule has 0 saturated heterocycles. The monoisotopic (exact) mass is 161 g/mol. The topological polar surface area (TPSA) is 38.0 Å². The van der Waals surface area contributed by atoms with Crippen LogP contribution >= 0.6 is 0 Å². The average molecular weight is 161 g/mol. The van der Waals surface area contributed by atoms with Gasteiger partial charge in [0.2, 0.25) is 0 Å². The second kappa shape index (κ2) is 2.52. The third-order valence-corrected chi connectivity index (χ3v) is 1.82. The predicted molar refractivity (Wildman–Crippen MR) is 46.8 cm³/mol. The van der Waals surface area contributed by atoms with Crippen LogP contribution in [0, 0.1) is 6.54 Å². The van der Waals surface area contributed by atoms with E-state index < -0.39 is 0 Å². The molecule has 0 fully saturated rings. The van der Waals surface area contributed by atoms with E-state index in [2.05, 4.69) is 5.10 Å². The molecular formula is C9H9N2O.